The summed E-state index contributed by atoms with van der Waals surface area (Å²) in [6, 6.07) is 0. The number of hydrogen-bond donors (Lipinski definition) is 1. The zero-order chi connectivity index (χ0) is 53.3. The number of phosphoric ester groups is 1. The van der Waals surface area contributed by atoms with Crippen LogP contribution in [0.5, 0.6) is 0 Å². The van der Waals surface area contributed by atoms with Gasteiger partial charge in [-0.15, -0.1) is 0 Å². The molecule has 0 spiro atoms. The first-order valence-electron chi connectivity index (χ1n) is 31.7. The first kappa shape index (κ1) is 71.7. The molecule has 0 rings (SSSR count). The van der Waals surface area contributed by atoms with Crippen molar-refractivity contribution in [2.45, 2.75) is 315 Å². The summed E-state index contributed by atoms with van der Waals surface area (Å²) in [6.45, 7) is 5.68. The lowest BCUT2D eigenvalue weighted by molar-refractivity contribution is -0.870. The van der Waals surface area contributed by atoms with Gasteiger partial charge in [0.1, 0.15) is 19.3 Å². The Bertz CT molecular complexity index is 1260. The summed E-state index contributed by atoms with van der Waals surface area (Å²) in [5.41, 5.74) is 0. The number of rotatable bonds is 60. The Hall–Kier alpha value is -1.28. The van der Waals surface area contributed by atoms with E-state index < -0.39 is 13.9 Å². The van der Waals surface area contributed by atoms with E-state index >= 15 is 0 Å². The molecule has 0 aliphatic rings. The van der Waals surface area contributed by atoms with Gasteiger partial charge < -0.3 is 18.9 Å². The SMILES string of the molecule is CCCCCCC/C=C\C/C=C\CCCCCCCCCCCCCCCCOCC(COP(=O)(O)OCC[N+](C)(C)C)OC(=O)CCCCCCCCCCCCCCC/C=C\CCCCCCCCCC. The van der Waals surface area contributed by atoms with Gasteiger partial charge in [0.15, 0.2) is 0 Å². The number of allylic oxidation sites excluding steroid dienone is 6. The van der Waals surface area contributed by atoms with Crippen molar-refractivity contribution in [2.24, 2.45) is 0 Å². The number of esters is 1. The molecule has 0 amide bonds. The van der Waals surface area contributed by atoms with Gasteiger partial charge in [0.25, 0.3) is 0 Å². The van der Waals surface area contributed by atoms with Crippen LogP contribution in [-0.2, 0) is 27.9 Å². The summed E-state index contributed by atoms with van der Waals surface area (Å²) in [5, 5.41) is 0. The summed E-state index contributed by atoms with van der Waals surface area (Å²) in [4.78, 5) is 23.1. The third kappa shape index (κ3) is 61.5. The lowest BCUT2D eigenvalue weighted by Gasteiger charge is -2.24. The van der Waals surface area contributed by atoms with E-state index in [4.69, 9.17) is 18.5 Å². The van der Waals surface area contributed by atoms with Crippen molar-refractivity contribution in [3.05, 3.63) is 36.5 Å². The number of carbonyl (C=O) groups is 1. The zero-order valence-electron chi connectivity index (χ0n) is 49.4. The Kier molecular flexibility index (Phi) is 55.9. The fraction of sp³-hybridized carbons (Fsp3) is 0.891. The number of phosphoric acid groups is 1. The molecule has 2 unspecified atom stereocenters. The fourth-order valence-electron chi connectivity index (χ4n) is 9.29. The van der Waals surface area contributed by atoms with E-state index in [0.717, 1.165) is 38.5 Å². The third-order valence-corrected chi connectivity index (χ3v) is 15.2. The normalized spacial score (nSPS) is 13.6. The van der Waals surface area contributed by atoms with Crippen LogP contribution in [-0.4, -0.2) is 75.6 Å². The standard InChI is InChI=1S/C64H124NO7P/c1-6-8-10-12-14-16-18-20-22-24-26-28-30-32-34-36-38-40-42-44-46-48-50-52-54-56-59-69-61-63(62-71-73(67,68)70-60-58-65(3,4)5)72-64(66)57-55-53-51-49-47-45-43-41-39-37-35-33-31-29-27-25-23-21-19-17-15-13-11-9-7-2/h18,20,24-27,63H,6-17,19,21-23,28-62H2,1-5H3/p+1/b20-18-,26-24-,27-25-. The smallest absolute Gasteiger partial charge is 0.457 e. The number of likely N-dealkylation sites (N-methyl/N-ethyl adjacent to an activating group) is 1. The molecule has 2 atom stereocenters. The molecule has 1 N–H and O–H groups in total. The molecule has 9 heteroatoms. The second-order valence-electron chi connectivity index (χ2n) is 22.8. The molecule has 0 heterocycles. The highest BCUT2D eigenvalue weighted by Gasteiger charge is 2.26. The van der Waals surface area contributed by atoms with Crippen molar-refractivity contribution in [3.8, 4) is 0 Å². The maximum atomic E-state index is 12.8. The maximum Gasteiger partial charge on any atom is 0.472 e. The minimum atomic E-state index is -4.29. The van der Waals surface area contributed by atoms with Gasteiger partial charge >= 0.3 is 13.8 Å². The second kappa shape index (κ2) is 56.9. The average molecular weight is 1050 g/mol. The predicted molar refractivity (Wildman–Crippen MR) is 316 cm³/mol. The number of carbonyl (C=O) groups excluding carboxylic acids is 1. The van der Waals surface area contributed by atoms with E-state index in [-0.39, 0.29) is 25.8 Å². The minimum absolute atomic E-state index is 0.0902. The van der Waals surface area contributed by atoms with Gasteiger partial charge in [0.2, 0.25) is 0 Å². The van der Waals surface area contributed by atoms with Gasteiger partial charge in [-0.05, 0) is 70.6 Å². The van der Waals surface area contributed by atoms with Crippen molar-refractivity contribution in [2.75, 3.05) is 54.1 Å². The second-order valence-corrected chi connectivity index (χ2v) is 24.2. The molecule has 0 aromatic rings. The number of hydrogen-bond acceptors (Lipinski definition) is 6. The first-order chi connectivity index (χ1) is 35.6. The average Bonchev–Trinajstić information content (AvgIpc) is 3.35. The van der Waals surface area contributed by atoms with Crippen molar-refractivity contribution in [3.63, 3.8) is 0 Å². The molecule has 0 fully saturated rings. The minimum Gasteiger partial charge on any atom is -0.457 e. The topological polar surface area (TPSA) is 91.3 Å². The van der Waals surface area contributed by atoms with Crippen LogP contribution >= 0.6 is 7.82 Å². The summed E-state index contributed by atoms with van der Waals surface area (Å²) >= 11 is 0. The summed E-state index contributed by atoms with van der Waals surface area (Å²) in [6.07, 6.45) is 72.3. The molecule has 432 valence electrons. The molecular formula is C64H125NO7P+. The zero-order valence-corrected chi connectivity index (χ0v) is 50.3. The van der Waals surface area contributed by atoms with Crippen molar-refractivity contribution in [1.29, 1.82) is 0 Å². The molecule has 0 aromatic heterocycles. The Labute approximate surface area is 455 Å². The van der Waals surface area contributed by atoms with Crippen LogP contribution in [0.15, 0.2) is 36.5 Å². The number of quaternary nitrogens is 1. The van der Waals surface area contributed by atoms with Gasteiger partial charge in [-0.25, -0.2) is 4.57 Å². The Morgan fingerprint density at radius 3 is 1.12 bits per heavy atom. The summed E-state index contributed by atoms with van der Waals surface area (Å²) in [5.74, 6) is -0.308. The molecule has 0 aromatic carbocycles. The van der Waals surface area contributed by atoms with Gasteiger partial charge in [0.05, 0.1) is 34.4 Å². The molecule has 73 heavy (non-hydrogen) atoms. The van der Waals surface area contributed by atoms with E-state index in [1.165, 1.54) is 250 Å². The molecule has 8 nitrogen and oxygen atoms in total. The maximum absolute atomic E-state index is 12.8. The van der Waals surface area contributed by atoms with Crippen molar-refractivity contribution in [1.82, 2.24) is 0 Å². The molecule has 0 saturated heterocycles. The van der Waals surface area contributed by atoms with Gasteiger partial charge in [0, 0.05) is 13.0 Å². The molecule has 0 bridgehead atoms. The van der Waals surface area contributed by atoms with Crippen LogP contribution < -0.4 is 0 Å². The molecular weight excluding hydrogens is 926 g/mol. The number of unbranched alkanes of at least 4 members (excludes halogenated alkanes) is 40. The van der Waals surface area contributed by atoms with Crippen molar-refractivity contribution < 1.29 is 37.3 Å². The highest BCUT2D eigenvalue weighted by molar-refractivity contribution is 7.47. The van der Waals surface area contributed by atoms with E-state index in [2.05, 4.69) is 50.3 Å². The number of nitrogens with zero attached hydrogens (tertiary/aromatic N) is 1. The lowest BCUT2D eigenvalue weighted by atomic mass is 10.0. The van der Waals surface area contributed by atoms with Gasteiger partial charge in [-0.3, -0.25) is 13.8 Å². The van der Waals surface area contributed by atoms with E-state index in [9.17, 15) is 14.3 Å². The first-order valence-corrected chi connectivity index (χ1v) is 33.2. The lowest BCUT2D eigenvalue weighted by Crippen LogP contribution is -2.37. The molecule has 0 radical (unpaired) electrons. The van der Waals surface area contributed by atoms with Crippen LogP contribution in [0.1, 0.15) is 309 Å². The van der Waals surface area contributed by atoms with E-state index in [0.29, 0.717) is 24.1 Å². The highest BCUT2D eigenvalue weighted by Crippen LogP contribution is 2.43. The van der Waals surface area contributed by atoms with Crippen LogP contribution in [0, 0.1) is 0 Å². The van der Waals surface area contributed by atoms with Crippen LogP contribution in [0.3, 0.4) is 0 Å². The van der Waals surface area contributed by atoms with Gasteiger partial charge in [-0.1, -0.05) is 269 Å². The highest BCUT2D eigenvalue weighted by atomic mass is 31.2. The van der Waals surface area contributed by atoms with Crippen molar-refractivity contribution >= 4 is 13.8 Å². The molecule has 0 aliphatic carbocycles. The summed E-state index contributed by atoms with van der Waals surface area (Å²) < 4.78 is 35.4. The van der Waals surface area contributed by atoms with Gasteiger partial charge in [-0.2, -0.15) is 0 Å². The largest absolute Gasteiger partial charge is 0.472 e. The number of ether oxygens (including phenoxy) is 2. The quantitative estimate of drug-likeness (QED) is 0.0213. The molecule has 0 saturated carbocycles. The Morgan fingerprint density at radius 2 is 0.753 bits per heavy atom. The van der Waals surface area contributed by atoms with E-state index in [1.54, 1.807) is 0 Å². The summed E-state index contributed by atoms with van der Waals surface area (Å²) in [7, 11) is 1.68. The van der Waals surface area contributed by atoms with E-state index in [1.807, 2.05) is 21.1 Å². The monoisotopic (exact) mass is 1050 g/mol. The third-order valence-electron chi connectivity index (χ3n) is 14.2. The predicted octanol–water partition coefficient (Wildman–Crippen LogP) is 20.4. The Morgan fingerprint density at radius 1 is 0.425 bits per heavy atom. The fourth-order valence-corrected chi connectivity index (χ4v) is 10.0. The van der Waals surface area contributed by atoms with Crippen LogP contribution in [0.2, 0.25) is 0 Å². The van der Waals surface area contributed by atoms with Crippen LogP contribution in [0.4, 0.5) is 0 Å². The van der Waals surface area contributed by atoms with Crippen LogP contribution in [0.25, 0.3) is 0 Å². The Balaban J connectivity index is 3.99. The molecule has 0 aliphatic heterocycles.